The summed E-state index contributed by atoms with van der Waals surface area (Å²) in [5.41, 5.74) is 6.75. The van der Waals surface area contributed by atoms with Crippen LogP contribution in [0.2, 0.25) is 0 Å². The van der Waals surface area contributed by atoms with Crippen molar-refractivity contribution in [3.05, 3.63) is 18.2 Å². The van der Waals surface area contributed by atoms with E-state index in [4.69, 9.17) is 5.73 Å². The van der Waals surface area contributed by atoms with Gasteiger partial charge in [-0.2, -0.15) is 0 Å². The van der Waals surface area contributed by atoms with Crippen LogP contribution in [-0.4, -0.2) is 15.6 Å². The molecule has 68 valence electrons. The van der Waals surface area contributed by atoms with Crippen LogP contribution in [0.1, 0.15) is 26.0 Å². The molecule has 0 aliphatic rings. The molecule has 1 aromatic rings. The van der Waals surface area contributed by atoms with E-state index in [1.807, 2.05) is 13.3 Å². The normalized spacial score (nSPS) is 13.2. The van der Waals surface area contributed by atoms with E-state index in [-0.39, 0.29) is 6.04 Å². The van der Waals surface area contributed by atoms with E-state index in [0.717, 1.165) is 25.1 Å². The van der Waals surface area contributed by atoms with Gasteiger partial charge in [-0.15, -0.1) is 0 Å². The average Bonchev–Trinajstić information content (AvgIpc) is 2.36. The number of aromatic nitrogens is 2. The van der Waals surface area contributed by atoms with Crippen LogP contribution < -0.4 is 5.73 Å². The van der Waals surface area contributed by atoms with E-state index in [1.54, 1.807) is 0 Å². The van der Waals surface area contributed by atoms with Crippen molar-refractivity contribution in [2.75, 3.05) is 0 Å². The second-order valence-corrected chi connectivity index (χ2v) is 3.28. The Morgan fingerprint density at radius 1 is 1.67 bits per heavy atom. The van der Waals surface area contributed by atoms with Gasteiger partial charge in [-0.3, -0.25) is 0 Å². The first-order chi connectivity index (χ1) is 5.72. The molecule has 0 radical (unpaired) electrons. The van der Waals surface area contributed by atoms with Gasteiger partial charge in [-0.25, -0.2) is 4.98 Å². The number of hydrogen-bond acceptors (Lipinski definition) is 2. The van der Waals surface area contributed by atoms with E-state index in [9.17, 15) is 0 Å². The van der Waals surface area contributed by atoms with Crippen molar-refractivity contribution in [3.8, 4) is 0 Å². The molecule has 0 bridgehead atoms. The van der Waals surface area contributed by atoms with E-state index in [1.165, 1.54) is 0 Å². The summed E-state index contributed by atoms with van der Waals surface area (Å²) in [5.74, 6) is 0. The second-order valence-electron chi connectivity index (χ2n) is 3.28. The zero-order valence-electron chi connectivity index (χ0n) is 7.83. The lowest BCUT2D eigenvalue weighted by atomic mass is 10.2. The lowest BCUT2D eigenvalue weighted by molar-refractivity contribution is 0.675. The molecule has 0 amide bonds. The van der Waals surface area contributed by atoms with Gasteiger partial charge in [0.1, 0.15) is 0 Å². The SMILES string of the molecule is CCCn1cnc(CC(C)N)c1. The van der Waals surface area contributed by atoms with Crippen LogP contribution in [0.15, 0.2) is 12.5 Å². The zero-order chi connectivity index (χ0) is 8.97. The Balaban J connectivity index is 2.52. The molecule has 1 unspecified atom stereocenters. The van der Waals surface area contributed by atoms with Gasteiger partial charge in [0.05, 0.1) is 12.0 Å². The third-order valence-corrected chi connectivity index (χ3v) is 1.70. The Hall–Kier alpha value is -0.830. The first kappa shape index (κ1) is 9.26. The second kappa shape index (κ2) is 4.26. The van der Waals surface area contributed by atoms with E-state index < -0.39 is 0 Å². The molecule has 12 heavy (non-hydrogen) atoms. The third-order valence-electron chi connectivity index (χ3n) is 1.70. The Bertz CT molecular complexity index is 227. The smallest absolute Gasteiger partial charge is 0.0949 e. The summed E-state index contributed by atoms with van der Waals surface area (Å²) < 4.78 is 2.11. The van der Waals surface area contributed by atoms with Gasteiger partial charge in [-0.1, -0.05) is 6.92 Å². The molecule has 0 aliphatic heterocycles. The maximum Gasteiger partial charge on any atom is 0.0949 e. The van der Waals surface area contributed by atoms with Gasteiger partial charge >= 0.3 is 0 Å². The number of rotatable bonds is 4. The van der Waals surface area contributed by atoms with Crippen molar-refractivity contribution < 1.29 is 0 Å². The first-order valence-electron chi connectivity index (χ1n) is 4.48. The van der Waals surface area contributed by atoms with Crippen LogP contribution >= 0.6 is 0 Å². The van der Waals surface area contributed by atoms with Crippen LogP contribution in [0.3, 0.4) is 0 Å². The van der Waals surface area contributed by atoms with Crippen molar-refractivity contribution in [2.24, 2.45) is 5.73 Å². The summed E-state index contributed by atoms with van der Waals surface area (Å²) in [5, 5.41) is 0. The van der Waals surface area contributed by atoms with Gasteiger partial charge in [-0.05, 0) is 13.3 Å². The van der Waals surface area contributed by atoms with Crippen molar-refractivity contribution in [1.29, 1.82) is 0 Å². The monoisotopic (exact) mass is 167 g/mol. The van der Waals surface area contributed by atoms with Crippen molar-refractivity contribution >= 4 is 0 Å². The molecule has 1 atom stereocenters. The largest absolute Gasteiger partial charge is 0.337 e. The molecule has 1 aromatic heterocycles. The maximum atomic E-state index is 5.66. The molecule has 0 saturated carbocycles. The van der Waals surface area contributed by atoms with Crippen molar-refractivity contribution in [1.82, 2.24) is 9.55 Å². The maximum absolute atomic E-state index is 5.66. The highest BCUT2D eigenvalue weighted by molar-refractivity contribution is 4.98. The van der Waals surface area contributed by atoms with Gasteiger partial charge in [0.2, 0.25) is 0 Å². The molecular formula is C9H17N3. The summed E-state index contributed by atoms with van der Waals surface area (Å²) in [6.45, 7) is 5.20. The predicted octanol–water partition coefficient (Wildman–Crippen LogP) is 1.18. The molecule has 0 aromatic carbocycles. The molecular weight excluding hydrogens is 150 g/mol. The number of aryl methyl sites for hydroxylation is 1. The van der Waals surface area contributed by atoms with Gasteiger partial charge in [0.25, 0.3) is 0 Å². The van der Waals surface area contributed by atoms with Crippen molar-refractivity contribution in [2.45, 2.75) is 39.3 Å². The first-order valence-corrected chi connectivity index (χ1v) is 4.48. The Morgan fingerprint density at radius 3 is 3.00 bits per heavy atom. The lowest BCUT2D eigenvalue weighted by Gasteiger charge is -1.99. The number of nitrogens with zero attached hydrogens (tertiary/aromatic N) is 2. The summed E-state index contributed by atoms with van der Waals surface area (Å²) in [6, 6.07) is 0.204. The van der Waals surface area contributed by atoms with E-state index in [0.29, 0.717) is 0 Å². The molecule has 1 heterocycles. The predicted molar refractivity (Wildman–Crippen MR) is 49.9 cm³/mol. The fourth-order valence-electron chi connectivity index (χ4n) is 1.22. The molecule has 3 nitrogen and oxygen atoms in total. The van der Waals surface area contributed by atoms with Gasteiger partial charge < -0.3 is 10.3 Å². The standard InChI is InChI=1S/C9H17N3/c1-3-4-12-6-9(11-7-12)5-8(2)10/h6-8H,3-5,10H2,1-2H3. The molecule has 2 N–H and O–H groups in total. The van der Waals surface area contributed by atoms with E-state index in [2.05, 4.69) is 22.7 Å². The topological polar surface area (TPSA) is 43.8 Å². The summed E-state index contributed by atoms with van der Waals surface area (Å²) in [6.07, 6.45) is 5.97. The third kappa shape index (κ3) is 2.66. The Kier molecular flexibility index (Phi) is 3.29. The fourth-order valence-corrected chi connectivity index (χ4v) is 1.22. The summed E-state index contributed by atoms with van der Waals surface area (Å²) >= 11 is 0. The zero-order valence-corrected chi connectivity index (χ0v) is 7.83. The minimum absolute atomic E-state index is 0.204. The minimum atomic E-state index is 0.204. The van der Waals surface area contributed by atoms with Crippen LogP contribution in [0, 0.1) is 0 Å². The minimum Gasteiger partial charge on any atom is -0.337 e. The molecule has 0 spiro atoms. The Morgan fingerprint density at radius 2 is 2.42 bits per heavy atom. The van der Waals surface area contributed by atoms with Gasteiger partial charge in [0.15, 0.2) is 0 Å². The number of hydrogen-bond donors (Lipinski definition) is 1. The molecule has 0 aliphatic carbocycles. The lowest BCUT2D eigenvalue weighted by Crippen LogP contribution is -2.17. The highest BCUT2D eigenvalue weighted by Gasteiger charge is 2.00. The highest BCUT2D eigenvalue weighted by Crippen LogP contribution is 2.00. The van der Waals surface area contributed by atoms with Crippen LogP contribution in [-0.2, 0) is 13.0 Å². The van der Waals surface area contributed by atoms with Crippen LogP contribution in [0.4, 0.5) is 0 Å². The summed E-state index contributed by atoms with van der Waals surface area (Å²) in [7, 11) is 0. The summed E-state index contributed by atoms with van der Waals surface area (Å²) in [4.78, 5) is 4.26. The molecule has 0 fully saturated rings. The quantitative estimate of drug-likeness (QED) is 0.732. The van der Waals surface area contributed by atoms with E-state index >= 15 is 0 Å². The number of nitrogens with two attached hydrogens (primary N) is 1. The average molecular weight is 167 g/mol. The number of imidazole rings is 1. The fraction of sp³-hybridized carbons (Fsp3) is 0.667. The Labute approximate surface area is 73.6 Å². The van der Waals surface area contributed by atoms with Crippen molar-refractivity contribution in [3.63, 3.8) is 0 Å². The highest BCUT2D eigenvalue weighted by atomic mass is 15.0. The van der Waals surface area contributed by atoms with Gasteiger partial charge in [0, 0.05) is 25.2 Å². The van der Waals surface area contributed by atoms with Crippen LogP contribution in [0.5, 0.6) is 0 Å². The molecule has 1 rings (SSSR count). The molecule has 0 saturated heterocycles. The van der Waals surface area contributed by atoms with Crippen LogP contribution in [0.25, 0.3) is 0 Å². The molecule has 3 heteroatoms.